The molecular weight excluding hydrogens is 290 g/mol. The Morgan fingerprint density at radius 2 is 2.06 bits per heavy atom. The van der Waals surface area contributed by atoms with Crippen molar-refractivity contribution in [1.82, 2.24) is 4.98 Å². The quantitative estimate of drug-likeness (QED) is 0.825. The van der Waals surface area contributed by atoms with E-state index in [-0.39, 0.29) is 6.10 Å². The first-order chi connectivity index (χ1) is 8.84. The van der Waals surface area contributed by atoms with Gasteiger partial charge in [0, 0.05) is 6.20 Å². The van der Waals surface area contributed by atoms with Crippen LogP contribution < -0.4 is 4.74 Å². The minimum absolute atomic E-state index is 0.126. The van der Waals surface area contributed by atoms with Crippen LogP contribution in [-0.2, 0) is 6.42 Å². The lowest BCUT2D eigenvalue weighted by Gasteiger charge is -2.26. The molecule has 0 fully saturated rings. The molecule has 3 rings (SSSR count). The predicted molar refractivity (Wildman–Crippen MR) is 74.7 cm³/mol. The van der Waals surface area contributed by atoms with Gasteiger partial charge in [-0.15, -0.1) is 0 Å². The van der Waals surface area contributed by atoms with Gasteiger partial charge in [0.1, 0.15) is 6.10 Å². The number of aryl methyl sites for hydroxylation is 1. The smallest absolute Gasteiger partial charge is 0.228 e. The normalized spacial score (nSPS) is 18.2. The third-order valence-corrected chi connectivity index (χ3v) is 3.90. The molecule has 0 radical (unpaired) electrons. The molecule has 1 heterocycles. The molecule has 2 nitrogen and oxygen atoms in total. The summed E-state index contributed by atoms with van der Waals surface area (Å²) in [5.74, 6) is 0.680. The van der Waals surface area contributed by atoms with Crippen LogP contribution in [0.4, 0.5) is 0 Å². The van der Waals surface area contributed by atoms with Gasteiger partial charge in [-0.2, -0.15) is 0 Å². The van der Waals surface area contributed by atoms with Gasteiger partial charge in [-0.05, 0) is 58.5 Å². The molecular formula is C15H14BrNO. The molecule has 92 valence electrons. The fraction of sp³-hybridized carbons (Fsp3) is 0.267. The summed E-state index contributed by atoms with van der Waals surface area (Å²) in [6.07, 6.45) is 5.27. The van der Waals surface area contributed by atoms with Crippen LogP contribution in [0.3, 0.4) is 0 Å². The van der Waals surface area contributed by atoms with Crippen molar-refractivity contribution < 1.29 is 4.74 Å². The molecule has 1 aliphatic carbocycles. The van der Waals surface area contributed by atoms with E-state index in [0.717, 1.165) is 17.3 Å². The Balaban J connectivity index is 1.89. The summed E-state index contributed by atoms with van der Waals surface area (Å²) < 4.78 is 6.96. The molecule has 0 spiro atoms. The third kappa shape index (κ3) is 2.27. The summed E-state index contributed by atoms with van der Waals surface area (Å²) in [5, 5.41) is 0. The lowest BCUT2D eigenvalue weighted by Crippen LogP contribution is -2.15. The Bertz CT molecular complexity index is 556. The Morgan fingerprint density at radius 1 is 1.17 bits per heavy atom. The molecule has 3 heteroatoms. The maximum Gasteiger partial charge on any atom is 0.228 e. The van der Waals surface area contributed by atoms with Crippen LogP contribution in [0.1, 0.15) is 30.1 Å². The van der Waals surface area contributed by atoms with Crippen molar-refractivity contribution in [1.29, 1.82) is 0 Å². The second-order valence-electron chi connectivity index (χ2n) is 4.49. The van der Waals surface area contributed by atoms with Gasteiger partial charge in [0.25, 0.3) is 0 Å². The molecule has 0 bridgehead atoms. The van der Waals surface area contributed by atoms with Gasteiger partial charge < -0.3 is 4.74 Å². The summed E-state index contributed by atoms with van der Waals surface area (Å²) in [5.41, 5.74) is 2.71. The third-order valence-electron chi connectivity index (χ3n) is 3.29. The van der Waals surface area contributed by atoms with E-state index in [1.165, 1.54) is 17.5 Å². The van der Waals surface area contributed by atoms with E-state index < -0.39 is 0 Å². The van der Waals surface area contributed by atoms with Crippen LogP contribution in [0.15, 0.2) is 47.1 Å². The van der Waals surface area contributed by atoms with Crippen molar-refractivity contribution in [3.63, 3.8) is 0 Å². The minimum atomic E-state index is 0.126. The first kappa shape index (κ1) is 11.7. The molecule has 1 aromatic heterocycles. The Hall–Kier alpha value is -1.35. The predicted octanol–water partition coefficient (Wildman–Crippen LogP) is 4.30. The highest BCUT2D eigenvalue weighted by Crippen LogP contribution is 2.34. The number of hydrogen-bond acceptors (Lipinski definition) is 2. The Morgan fingerprint density at radius 3 is 2.94 bits per heavy atom. The highest BCUT2D eigenvalue weighted by molar-refractivity contribution is 9.10. The van der Waals surface area contributed by atoms with Crippen LogP contribution in [0, 0.1) is 0 Å². The average Bonchev–Trinajstić information content (AvgIpc) is 2.42. The first-order valence-corrected chi connectivity index (χ1v) is 6.99. The van der Waals surface area contributed by atoms with Gasteiger partial charge in [-0.25, -0.2) is 4.98 Å². The molecule has 1 aliphatic rings. The number of halogens is 1. The lowest BCUT2D eigenvalue weighted by molar-refractivity contribution is 0.174. The zero-order valence-corrected chi connectivity index (χ0v) is 11.6. The molecule has 1 aromatic carbocycles. The SMILES string of the molecule is Brc1cccnc1OC1CCCc2ccccc21. The number of ether oxygens (including phenoxy) is 1. The highest BCUT2D eigenvalue weighted by Gasteiger charge is 2.22. The second-order valence-corrected chi connectivity index (χ2v) is 5.34. The minimum Gasteiger partial charge on any atom is -0.469 e. The van der Waals surface area contributed by atoms with Gasteiger partial charge in [-0.3, -0.25) is 0 Å². The van der Waals surface area contributed by atoms with E-state index in [9.17, 15) is 0 Å². The lowest BCUT2D eigenvalue weighted by atomic mass is 9.89. The molecule has 0 saturated carbocycles. The fourth-order valence-electron chi connectivity index (χ4n) is 2.42. The monoisotopic (exact) mass is 303 g/mol. The van der Waals surface area contributed by atoms with Gasteiger partial charge in [-0.1, -0.05) is 24.3 Å². The van der Waals surface area contributed by atoms with E-state index in [0.29, 0.717) is 5.88 Å². The summed E-state index contributed by atoms with van der Waals surface area (Å²) in [6.45, 7) is 0. The van der Waals surface area contributed by atoms with Crippen LogP contribution in [-0.4, -0.2) is 4.98 Å². The van der Waals surface area contributed by atoms with Gasteiger partial charge in [0.15, 0.2) is 0 Å². The molecule has 2 aromatic rings. The fourth-order valence-corrected chi connectivity index (χ4v) is 2.77. The highest BCUT2D eigenvalue weighted by atomic mass is 79.9. The molecule has 0 N–H and O–H groups in total. The number of pyridine rings is 1. The zero-order chi connectivity index (χ0) is 12.4. The van der Waals surface area contributed by atoms with Crippen LogP contribution in [0.25, 0.3) is 0 Å². The Kier molecular flexibility index (Phi) is 3.33. The molecule has 0 amide bonds. The van der Waals surface area contributed by atoms with Crippen LogP contribution >= 0.6 is 15.9 Å². The van der Waals surface area contributed by atoms with Gasteiger partial charge >= 0.3 is 0 Å². The standard InChI is InChI=1S/C15H14BrNO/c16-13-8-4-10-17-15(13)18-14-9-3-6-11-5-1-2-7-12(11)14/h1-2,4-5,7-8,10,14H,3,6,9H2. The van der Waals surface area contributed by atoms with E-state index in [4.69, 9.17) is 4.74 Å². The van der Waals surface area contributed by atoms with Crippen molar-refractivity contribution in [2.45, 2.75) is 25.4 Å². The van der Waals surface area contributed by atoms with Crippen molar-refractivity contribution >= 4 is 15.9 Å². The molecule has 1 atom stereocenters. The second kappa shape index (κ2) is 5.11. The zero-order valence-electron chi connectivity index (χ0n) is 9.97. The number of rotatable bonds is 2. The number of hydrogen-bond donors (Lipinski definition) is 0. The topological polar surface area (TPSA) is 22.1 Å². The van der Waals surface area contributed by atoms with Crippen molar-refractivity contribution in [3.05, 3.63) is 58.2 Å². The van der Waals surface area contributed by atoms with Crippen molar-refractivity contribution in [3.8, 4) is 5.88 Å². The number of benzene rings is 1. The van der Waals surface area contributed by atoms with Crippen molar-refractivity contribution in [2.75, 3.05) is 0 Å². The molecule has 1 unspecified atom stereocenters. The van der Waals surface area contributed by atoms with Crippen molar-refractivity contribution in [2.24, 2.45) is 0 Å². The molecule has 18 heavy (non-hydrogen) atoms. The number of aromatic nitrogens is 1. The number of fused-ring (bicyclic) bond motifs is 1. The van der Waals surface area contributed by atoms with E-state index in [1.54, 1.807) is 6.20 Å². The molecule has 0 saturated heterocycles. The number of nitrogens with zero attached hydrogens (tertiary/aromatic N) is 1. The average molecular weight is 304 g/mol. The van der Waals surface area contributed by atoms with Gasteiger partial charge in [0.05, 0.1) is 4.47 Å². The van der Waals surface area contributed by atoms with Crippen LogP contribution in [0.5, 0.6) is 5.88 Å². The van der Waals surface area contributed by atoms with E-state index in [2.05, 4.69) is 45.2 Å². The summed E-state index contributed by atoms with van der Waals surface area (Å²) in [6, 6.07) is 12.4. The maximum atomic E-state index is 6.05. The summed E-state index contributed by atoms with van der Waals surface area (Å²) in [7, 11) is 0. The largest absolute Gasteiger partial charge is 0.469 e. The first-order valence-electron chi connectivity index (χ1n) is 6.19. The van der Waals surface area contributed by atoms with Gasteiger partial charge in [0.2, 0.25) is 5.88 Å². The van der Waals surface area contributed by atoms with E-state index >= 15 is 0 Å². The summed E-state index contributed by atoms with van der Waals surface area (Å²) in [4.78, 5) is 4.28. The summed E-state index contributed by atoms with van der Waals surface area (Å²) >= 11 is 3.48. The maximum absolute atomic E-state index is 6.05. The van der Waals surface area contributed by atoms with E-state index in [1.807, 2.05) is 12.1 Å². The Labute approximate surface area is 115 Å². The van der Waals surface area contributed by atoms with Crippen LogP contribution in [0.2, 0.25) is 0 Å². The molecule has 0 aliphatic heterocycles.